The molecule has 0 radical (unpaired) electrons. The Morgan fingerprint density at radius 3 is 2.37 bits per heavy atom. The fraction of sp³-hybridized carbons (Fsp3) is 0.0526. The highest BCUT2D eigenvalue weighted by Crippen LogP contribution is 2.25. The van der Waals surface area contributed by atoms with Gasteiger partial charge in [-0.1, -0.05) is 30.3 Å². The lowest BCUT2D eigenvalue weighted by atomic mass is 10.1. The number of ketones is 1. The monoisotopic (exact) mass is 362 g/mol. The summed E-state index contributed by atoms with van der Waals surface area (Å²) in [5.41, 5.74) is 13.3. The van der Waals surface area contributed by atoms with Crippen molar-refractivity contribution in [3.05, 3.63) is 72.1 Å². The highest BCUT2D eigenvalue weighted by molar-refractivity contribution is 5.96. The zero-order chi connectivity index (χ0) is 19.2. The predicted molar refractivity (Wildman–Crippen MR) is 104 cm³/mol. The number of carbonyl (C=O) groups is 2. The average molecular weight is 362 g/mol. The zero-order valence-electron chi connectivity index (χ0n) is 14.6. The zero-order valence-corrected chi connectivity index (χ0v) is 14.6. The second-order valence-electron chi connectivity index (χ2n) is 5.69. The van der Waals surface area contributed by atoms with Crippen LogP contribution in [0.4, 0.5) is 23.0 Å². The van der Waals surface area contributed by atoms with Gasteiger partial charge in [-0.05, 0) is 31.2 Å². The molecule has 0 unspecified atom stereocenters. The van der Waals surface area contributed by atoms with E-state index < -0.39 is 0 Å². The van der Waals surface area contributed by atoms with Crippen LogP contribution in [0.25, 0.3) is 0 Å². The van der Waals surface area contributed by atoms with Gasteiger partial charge in [-0.25, -0.2) is 9.97 Å². The van der Waals surface area contributed by atoms with Crippen molar-refractivity contribution in [3.8, 4) is 0 Å². The van der Waals surface area contributed by atoms with Gasteiger partial charge in [0.05, 0.1) is 0 Å². The van der Waals surface area contributed by atoms with Crippen LogP contribution in [0.15, 0.2) is 60.9 Å². The number of hydrogen-bond acceptors (Lipinski definition) is 7. The molecule has 136 valence electrons. The number of hydrogen-bond donors (Lipinski definition) is 4. The Kier molecular flexibility index (Phi) is 5.27. The number of hydrazine groups is 1. The highest BCUT2D eigenvalue weighted by atomic mass is 16.2. The molecule has 1 heterocycles. The van der Waals surface area contributed by atoms with Gasteiger partial charge in [-0.15, -0.1) is 0 Å². The van der Waals surface area contributed by atoms with Crippen molar-refractivity contribution >= 4 is 34.7 Å². The summed E-state index contributed by atoms with van der Waals surface area (Å²) in [5.74, 6) is 0.235. The first-order valence-electron chi connectivity index (χ1n) is 8.14. The van der Waals surface area contributed by atoms with Gasteiger partial charge in [-0.2, -0.15) is 0 Å². The van der Waals surface area contributed by atoms with E-state index in [1.54, 1.807) is 48.5 Å². The number of amides is 1. The molecule has 0 aliphatic rings. The van der Waals surface area contributed by atoms with E-state index in [4.69, 9.17) is 5.73 Å². The molecule has 27 heavy (non-hydrogen) atoms. The predicted octanol–water partition coefficient (Wildman–Crippen LogP) is 2.76. The van der Waals surface area contributed by atoms with Gasteiger partial charge in [0.2, 0.25) is 0 Å². The molecule has 0 aliphatic carbocycles. The van der Waals surface area contributed by atoms with Crippen LogP contribution in [0.2, 0.25) is 0 Å². The lowest BCUT2D eigenvalue weighted by Gasteiger charge is -2.13. The molecular formula is C19H18N6O2. The van der Waals surface area contributed by atoms with Crippen LogP contribution < -0.4 is 21.9 Å². The first-order chi connectivity index (χ1) is 13.0. The van der Waals surface area contributed by atoms with E-state index in [1.807, 2.05) is 6.07 Å². The van der Waals surface area contributed by atoms with Gasteiger partial charge < -0.3 is 11.1 Å². The number of nitrogens with one attached hydrogen (secondary N) is 3. The normalized spacial score (nSPS) is 10.1. The lowest BCUT2D eigenvalue weighted by molar-refractivity contribution is 0.0961. The molecule has 8 heteroatoms. The maximum atomic E-state index is 12.1. The molecule has 0 spiro atoms. The molecule has 1 amide bonds. The summed E-state index contributed by atoms with van der Waals surface area (Å²) < 4.78 is 0. The van der Waals surface area contributed by atoms with Crippen molar-refractivity contribution in [2.45, 2.75) is 6.92 Å². The Labute approximate surface area is 155 Å². The Balaban J connectivity index is 1.73. The minimum atomic E-state index is -0.322. The Morgan fingerprint density at radius 1 is 0.926 bits per heavy atom. The summed E-state index contributed by atoms with van der Waals surface area (Å²) in [5, 5.41) is 3.05. The number of benzene rings is 2. The molecule has 0 saturated carbocycles. The van der Waals surface area contributed by atoms with E-state index in [1.165, 1.54) is 13.3 Å². The summed E-state index contributed by atoms with van der Waals surface area (Å²) in [6.45, 7) is 1.50. The van der Waals surface area contributed by atoms with Crippen LogP contribution in [0.1, 0.15) is 27.6 Å². The molecule has 0 atom stereocenters. The average Bonchev–Trinajstić information content (AvgIpc) is 2.69. The summed E-state index contributed by atoms with van der Waals surface area (Å²) in [7, 11) is 0. The van der Waals surface area contributed by atoms with Crippen molar-refractivity contribution in [1.29, 1.82) is 0 Å². The highest BCUT2D eigenvalue weighted by Gasteiger charge is 2.11. The number of Topliss-reactive ketones (excluding diaryl/α,β-unsaturated/α-hetero) is 1. The molecule has 8 nitrogen and oxygen atoms in total. The molecule has 0 aliphatic heterocycles. The molecule has 1 aromatic heterocycles. The number of nitrogens with two attached hydrogens (primary N) is 1. The fourth-order valence-corrected chi connectivity index (χ4v) is 2.33. The molecule has 3 aromatic rings. The van der Waals surface area contributed by atoms with Gasteiger partial charge in [0.1, 0.15) is 12.0 Å². The molecule has 2 aromatic carbocycles. The summed E-state index contributed by atoms with van der Waals surface area (Å²) in [4.78, 5) is 31.8. The number of carbonyl (C=O) groups excluding carboxylic acids is 2. The van der Waals surface area contributed by atoms with E-state index >= 15 is 0 Å². The van der Waals surface area contributed by atoms with Crippen LogP contribution >= 0.6 is 0 Å². The van der Waals surface area contributed by atoms with E-state index in [0.717, 1.165) is 0 Å². The maximum Gasteiger partial charge on any atom is 0.269 e. The van der Waals surface area contributed by atoms with Crippen molar-refractivity contribution in [1.82, 2.24) is 15.4 Å². The van der Waals surface area contributed by atoms with Crippen LogP contribution in [0.3, 0.4) is 0 Å². The third kappa shape index (κ3) is 4.37. The number of rotatable bonds is 6. The second-order valence-corrected chi connectivity index (χ2v) is 5.69. The topological polar surface area (TPSA) is 122 Å². The van der Waals surface area contributed by atoms with Gasteiger partial charge in [0, 0.05) is 16.8 Å². The van der Waals surface area contributed by atoms with Crippen molar-refractivity contribution in [3.63, 3.8) is 0 Å². The van der Waals surface area contributed by atoms with E-state index in [-0.39, 0.29) is 23.2 Å². The molecule has 0 saturated heterocycles. The van der Waals surface area contributed by atoms with E-state index in [9.17, 15) is 9.59 Å². The quantitative estimate of drug-likeness (QED) is 0.393. The number of nitrogens with zero attached hydrogens (tertiary/aromatic N) is 2. The second kappa shape index (κ2) is 7.96. The third-order valence-corrected chi connectivity index (χ3v) is 3.75. The van der Waals surface area contributed by atoms with Crippen LogP contribution in [-0.4, -0.2) is 21.7 Å². The number of nitrogen functional groups attached to an aromatic ring is 1. The van der Waals surface area contributed by atoms with Gasteiger partial charge in [0.25, 0.3) is 5.91 Å². The first kappa shape index (κ1) is 17.9. The minimum Gasteiger partial charge on any atom is -0.393 e. The molecule has 5 N–H and O–H groups in total. The Bertz CT molecular complexity index is 975. The van der Waals surface area contributed by atoms with Crippen LogP contribution in [-0.2, 0) is 0 Å². The smallest absolute Gasteiger partial charge is 0.269 e. The van der Waals surface area contributed by atoms with Gasteiger partial charge in [0.15, 0.2) is 17.4 Å². The number of anilines is 4. The van der Waals surface area contributed by atoms with Crippen molar-refractivity contribution in [2.75, 3.05) is 16.5 Å². The maximum absolute atomic E-state index is 12.1. The SMILES string of the molecule is CC(=O)c1cccc(Nc2ncnc(NNC(=O)c3ccccc3)c2N)c1. The van der Waals surface area contributed by atoms with E-state index in [2.05, 4.69) is 26.1 Å². The van der Waals surface area contributed by atoms with E-state index in [0.29, 0.717) is 22.6 Å². The molecule has 3 rings (SSSR count). The van der Waals surface area contributed by atoms with Gasteiger partial charge in [-0.3, -0.25) is 20.4 Å². The minimum absolute atomic E-state index is 0.0414. The molecular weight excluding hydrogens is 344 g/mol. The first-order valence-corrected chi connectivity index (χ1v) is 8.14. The van der Waals surface area contributed by atoms with Crippen LogP contribution in [0, 0.1) is 0 Å². The molecule has 0 fully saturated rings. The molecule has 0 bridgehead atoms. The largest absolute Gasteiger partial charge is 0.393 e. The third-order valence-electron chi connectivity index (χ3n) is 3.75. The van der Waals surface area contributed by atoms with Crippen molar-refractivity contribution in [2.24, 2.45) is 0 Å². The Morgan fingerprint density at radius 2 is 1.63 bits per heavy atom. The standard InChI is InChI=1S/C19H18N6O2/c1-12(26)14-8-5-9-15(10-14)23-17-16(20)18(22-11-21-17)24-25-19(27)13-6-3-2-4-7-13/h2-11H,20H2,1H3,(H,25,27)(H2,21,22,23,24). The fourth-order valence-electron chi connectivity index (χ4n) is 2.33. The van der Waals surface area contributed by atoms with Crippen molar-refractivity contribution < 1.29 is 9.59 Å². The Hall–Kier alpha value is -3.94. The lowest BCUT2D eigenvalue weighted by Crippen LogP contribution is -2.30. The van der Waals surface area contributed by atoms with Crippen LogP contribution in [0.5, 0.6) is 0 Å². The summed E-state index contributed by atoms with van der Waals surface area (Å²) in [6, 6.07) is 15.7. The summed E-state index contributed by atoms with van der Waals surface area (Å²) in [6.07, 6.45) is 1.31. The number of aromatic nitrogens is 2. The summed E-state index contributed by atoms with van der Waals surface area (Å²) >= 11 is 0. The van der Waals surface area contributed by atoms with Gasteiger partial charge >= 0.3 is 0 Å².